The number of halogens is 3. The van der Waals surface area contributed by atoms with Gasteiger partial charge >= 0.3 is 6.18 Å². The number of anilines is 1. The number of hydrogen-bond donors (Lipinski definition) is 3. The van der Waals surface area contributed by atoms with Gasteiger partial charge in [0.05, 0.1) is 6.61 Å². The molecule has 3 heterocycles. The van der Waals surface area contributed by atoms with E-state index < -0.39 is 42.0 Å². The largest absolute Gasteiger partial charge is 0.433 e. The van der Waals surface area contributed by atoms with E-state index in [1.165, 1.54) is 0 Å². The SMILES string of the molecule is CC(C)[C@@]12CO[C@@H](O1)[C@H](Nc1nccc(C(F)(F)F)n1)[C@@H](O)[C@H]2O. The first-order valence-corrected chi connectivity index (χ1v) is 7.47. The van der Waals surface area contributed by atoms with E-state index in [0.717, 1.165) is 12.3 Å². The molecule has 7 nitrogen and oxygen atoms in total. The fraction of sp³-hybridized carbons (Fsp3) is 0.714. The third-order valence-electron chi connectivity index (χ3n) is 4.51. The molecule has 0 aliphatic carbocycles. The summed E-state index contributed by atoms with van der Waals surface area (Å²) in [4.78, 5) is 7.10. The summed E-state index contributed by atoms with van der Waals surface area (Å²) in [6.45, 7) is 3.73. The molecule has 0 aromatic carbocycles. The van der Waals surface area contributed by atoms with Crippen LogP contribution in [-0.2, 0) is 15.7 Å². The maximum absolute atomic E-state index is 12.7. The van der Waals surface area contributed by atoms with Crippen molar-refractivity contribution in [1.82, 2.24) is 9.97 Å². The molecule has 2 bridgehead atoms. The van der Waals surface area contributed by atoms with Crippen molar-refractivity contribution in [2.45, 2.75) is 50.2 Å². The van der Waals surface area contributed by atoms with Gasteiger partial charge in [-0.15, -0.1) is 0 Å². The molecule has 0 amide bonds. The van der Waals surface area contributed by atoms with Crippen LogP contribution in [0.2, 0.25) is 0 Å². The average molecular weight is 349 g/mol. The highest BCUT2D eigenvalue weighted by molar-refractivity contribution is 5.30. The predicted octanol–water partition coefficient (Wildman–Crippen LogP) is 0.779. The zero-order chi connectivity index (χ0) is 17.7. The van der Waals surface area contributed by atoms with E-state index in [1.54, 1.807) is 0 Å². The molecule has 0 unspecified atom stereocenters. The predicted molar refractivity (Wildman–Crippen MR) is 74.9 cm³/mol. The first-order valence-electron chi connectivity index (χ1n) is 7.47. The van der Waals surface area contributed by atoms with Gasteiger partial charge in [-0.2, -0.15) is 13.2 Å². The average Bonchev–Trinajstić information content (AvgIpc) is 2.93. The van der Waals surface area contributed by atoms with E-state index in [9.17, 15) is 23.4 Å². The lowest BCUT2D eigenvalue weighted by atomic mass is 9.80. The van der Waals surface area contributed by atoms with Gasteiger partial charge in [0, 0.05) is 6.20 Å². The van der Waals surface area contributed by atoms with E-state index in [1.807, 2.05) is 13.8 Å². The summed E-state index contributed by atoms with van der Waals surface area (Å²) < 4.78 is 49.4. The van der Waals surface area contributed by atoms with Crippen LogP contribution in [0.5, 0.6) is 0 Å². The number of aromatic nitrogens is 2. The molecule has 5 atom stereocenters. The molecule has 1 aromatic heterocycles. The molecule has 2 aliphatic rings. The van der Waals surface area contributed by atoms with Gasteiger partial charge in [-0.1, -0.05) is 13.8 Å². The van der Waals surface area contributed by atoms with Gasteiger partial charge in [0.2, 0.25) is 5.95 Å². The second-order valence-corrected chi connectivity index (χ2v) is 6.28. The van der Waals surface area contributed by atoms with Crippen LogP contribution in [0.25, 0.3) is 0 Å². The van der Waals surface area contributed by atoms with Crippen LogP contribution in [0.3, 0.4) is 0 Å². The molecule has 2 fully saturated rings. The maximum atomic E-state index is 12.7. The lowest BCUT2D eigenvalue weighted by Crippen LogP contribution is -2.64. The molecule has 0 spiro atoms. The van der Waals surface area contributed by atoms with Crippen LogP contribution in [0, 0.1) is 5.92 Å². The summed E-state index contributed by atoms with van der Waals surface area (Å²) in [5.74, 6) is -0.463. The number of rotatable bonds is 3. The van der Waals surface area contributed by atoms with E-state index in [-0.39, 0.29) is 18.5 Å². The molecule has 10 heteroatoms. The highest BCUT2D eigenvalue weighted by Gasteiger charge is 2.60. The van der Waals surface area contributed by atoms with Gasteiger partial charge in [-0.25, -0.2) is 9.97 Å². The molecule has 2 saturated heterocycles. The summed E-state index contributed by atoms with van der Waals surface area (Å²) in [7, 11) is 0. The number of nitrogens with zero attached hydrogens (tertiary/aromatic N) is 2. The number of fused-ring (bicyclic) bond motifs is 2. The van der Waals surface area contributed by atoms with Crippen molar-refractivity contribution in [3.8, 4) is 0 Å². The Kier molecular flexibility index (Phi) is 4.19. The van der Waals surface area contributed by atoms with Gasteiger partial charge in [0.25, 0.3) is 0 Å². The van der Waals surface area contributed by atoms with Crippen LogP contribution in [0.15, 0.2) is 12.3 Å². The Morgan fingerprint density at radius 2 is 2.08 bits per heavy atom. The van der Waals surface area contributed by atoms with Crippen molar-refractivity contribution in [2.24, 2.45) is 5.92 Å². The monoisotopic (exact) mass is 349 g/mol. The van der Waals surface area contributed by atoms with Crippen molar-refractivity contribution < 1.29 is 32.9 Å². The molecule has 24 heavy (non-hydrogen) atoms. The number of aliphatic hydroxyl groups excluding tert-OH is 2. The fourth-order valence-electron chi connectivity index (χ4n) is 3.01. The molecule has 0 radical (unpaired) electrons. The summed E-state index contributed by atoms with van der Waals surface area (Å²) in [6.07, 6.45) is -7.16. The first-order chi connectivity index (χ1) is 11.1. The number of aliphatic hydroxyl groups is 2. The Hall–Kier alpha value is -1.49. The van der Waals surface area contributed by atoms with E-state index in [0.29, 0.717) is 0 Å². The standard InChI is InChI=1S/C14H18F3N3O4/c1-6(2)13-5-23-11(24-13)8(9(21)10(13)22)20-12-18-4-3-7(19-12)14(15,16)17/h3-4,6,8-11,21-22H,5H2,1-2H3,(H,18,19,20)/t8-,9-,10-,11+,13-/m1/s1. The van der Waals surface area contributed by atoms with Crippen molar-refractivity contribution in [1.29, 1.82) is 0 Å². The number of nitrogens with one attached hydrogen (secondary N) is 1. The molecule has 3 rings (SSSR count). The maximum Gasteiger partial charge on any atom is 0.433 e. The Morgan fingerprint density at radius 1 is 1.38 bits per heavy atom. The molecule has 1 aromatic rings. The van der Waals surface area contributed by atoms with Gasteiger partial charge < -0.3 is 25.0 Å². The Labute approximate surface area is 135 Å². The summed E-state index contributed by atoms with van der Waals surface area (Å²) in [6, 6.07) is -0.262. The third kappa shape index (κ3) is 2.73. The second kappa shape index (κ2) is 5.80. The number of hydrogen-bond acceptors (Lipinski definition) is 7. The highest BCUT2D eigenvalue weighted by Crippen LogP contribution is 2.42. The van der Waals surface area contributed by atoms with Gasteiger partial charge in [0.15, 0.2) is 6.29 Å². The number of alkyl halides is 3. The lowest BCUT2D eigenvalue weighted by Gasteiger charge is -2.45. The minimum Gasteiger partial charge on any atom is -0.388 e. The molecule has 0 saturated carbocycles. The summed E-state index contributed by atoms with van der Waals surface area (Å²) >= 11 is 0. The first kappa shape index (κ1) is 17.3. The minimum absolute atomic E-state index is 0.0786. The molecule has 3 N–H and O–H groups in total. The number of ether oxygens (including phenoxy) is 2. The topological polar surface area (TPSA) is 96.7 Å². The minimum atomic E-state index is -4.61. The summed E-state index contributed by atoms with van der Waals surface area (Å²) in [5, 5.41) is 23.3. The normalized spacial score (nSPS) is 36.2. The smallest absolute Gasteiger partial charge is 0.388 e. The van der Waals surface area contributed by atoms with Gasteiger partial charge in [-0.3, -0.25) is 0 Å². The lowest BCUT2D eigenvalue weighted by molar-refractivity contribution is -0.228. The fourth-order valence-corrected chi connectivity index (χ4v) is 3.01. The van der Waals surface area contributed by atoms with Crippen molar-refractivity contribution in [3.05, 3.63) is 18.0 Å². The van der Waals surface area contributed by atoms with Crippen molar-refractivity contribution in [3.63, 3.8) is 0 Å². The second-order valence-electron chi connectivity index (χ2n) is 6.28. The Morgan fingerprint density at radius 3 is 2.71 bits per heavy atom. The van der Waals surface area contributed by atoms with Crippen LogP contribution in [0.1, 0.15) is 19.5 Å². The van der Waals surface area contributed by atoms with Crippen LogP contribution >= 0.6 is 0 Å². The molecule has 134 valence electrons. The van der Waals surface area contributed by atoms with Crippen molar-refractivity contribution in [2.75, 3.05) is 11.9 Å². The van der Waals surface area contributed by atoms with Crippen LogP contribution in [0.4, 0.5) is 19.1 Å². The molecule has 2 aliphatic heterocycles. The van der Waals surface area contributed by atoms with Crippen molar-refractivity contribution >= 4 is 5.95 Å². The molecular formula is C14H18F3N3O4. The van der Waals surface area contributed by atoms with Gasteiger partial charge in [0.1, 0.15) is 29.5 Å². The highest BCUT2D eigenvalue weighted by atomic mass is 19.4. The zero-order valence-electron chi connectivity index (χ0n) is 13.0. The van der Waals surface area contributed by atoms with E-state index in [4.69, 9.17) is 9.47 Å². The Balaban J connectivity index is 1.82. The molecular weight excluding hydrogens is 331 g/mol. The van der Waals surface area contributed by atoms with Crippen LogP contribution in [-0.4, -0.2) is 56.9 Å². The zero-order valence-corrected chi connectivity index (χ0v) is 13.0. The van der Waals surface area contributed by atoms with Crippen LogP contribution < -0.4 is 5.32 Å². The van der Waals surface area contributed by atoms with E-state index in [2.05, 4.69) is 15.3 Å². The van der Waals surface area contributed by atoms with E-state index >= 15 is 0 Å². The Bertz CT molecular complexity index is 615. The van der Waals surface area contributed by atoms with Gasteiger partial charge in [-0.05, 0) is 12.0 Å². The summed E-state index contributed by atoms with van der Waals surface area (Å²) in [5.41, 5.74) is -2.16. The quantitative estimate of drug-likeness (QED) is 0.742. The third-order valence-corrected chi connectivity index (χ3v) is 4.51.